The van der Waals surface area contributed by atoms with Crippen molar-refractivity contribution in [3.05, 3.63) is 68.0 Å². The number of rotatable bonds is 7. The molecule has 2 rings (SSSR count). The fraction of sp³-hybridized carbons (Fsp3) is 0.375. The third-order valence-electron chi connectivity index (χ3n) is 3.35. The van der Waals surface area contributed by atoms with E-state index in [1.165, 1.54) is 16.2 Å². The van der Waals surface area contributed by atoms with E-state index < -0.39 is 11.2 Å². The molecule has 0 atom stereocenters. The molecule has 1 aromatic heterocycles. The Hall–Kier alpha value is -2.18. The Kier molecular flexibility index (Phi) is 5.68. The Bertz CT molecular complexity index is 733. The van der Waals surface area contributed by atoms with E-state index in [1.807, 2.05) is 31.2 Å². The highest BCUT2D eigenvalue weighted by atomic mass is 16.5. The first-order valence-corrected chi connectivity index (χ1v) is 7.08. The molecule has 1 N–H and O–H groups in total. The molecule has 0 bridgehead atoms. The molecule has 6 nitrogen and oxygen atoms in total. The van der Waals surface area contributed by atoms with Gasteiger partial charge in [0.05, 0.1) is 19.8 Å². The van der Waals surface area contributed by atoms with Gasteiger partial charge in [-0.15, -0.1) is 0 Å². The number of benzene rings is 1. The Morgan fingerprint density at radius 1 is 1.09 bits per heavy atom. The molecule has 0 unspecified atom stereocenters. The maximum Gasteiger partial charge on any atom is 0.330 e. The maximum absolute atomic E-state index is 11.6. The van der Waals surface area contributed by atoms with Gasteiger partial charge in [-0.05, 0) is 25.0 Å². The topological polar surface area (TPSA) is 73.3 Å². The molecule has 6 heteroatoms. The number of nitrogens with zero attached hydrogens (tertiary/aromatic N) is 1. The molecule has 22 heavy (non-hydrogen) atoms. The van der Waals surface area contributed by atoms with Gasteiger partial charge in [-0.25, -0.2) is 4.79 Å². The van der Waals surface area contributed by atoms with Crippen molar-refractivity contribution >= 4 is 0 Å². The van der Waals surface area contributed by atoms with Crippen molar-refractivity contribution in [2.24, 2.45) is 0 Å². The normalized spacial score (nSPS) is 10.8. The lowest BCUT2D eigenvalue weighted by Crippen LogP contribution is -2.32. The molecular weight excluding hydrogens is 284 g/mol. The molecule has 2 aromatic rings. The zero-order valence-electron chi connectivity index (χ0n) is 12.8. The monoisotopic (exact) mass is 304 g/mol. The van der Waals surface area contributed by atoms with E-state index in [0.717, 1.165) is 5.56 Å². The van der Waals surface area contributed by atoms with Gasteiger partial charge in [0.2, 0.25) is 0 Å². The summed E-state index contributed by atoms with van der Waals surface area (Å²) in [6.07, 6.45) is 0. The summed E-state index contributed by atoms with van der Waals surface area (Å²) in [5.41, 5.74) is 2.04. The fourth-order valence-corrected chi connectivity index (χ4v) is 2.03. The molecule has 1 heterocycles. The average Bonchev–Trinajstić information content (AvgIpc) is 2.46. The maximum atomic E-state index is 11.6. The van der Waals surface area contributed by atoms with Crippen LogP contribution in [0.4, 0.5) is 0 Å². The smallest absolute Gasteiger partial charge is 0.330 e. The highest BCUT2D eigenvalue weighted by Gasteiger charge is 2.02. The summed E-state index contributed by atoms with van der Waals surface area (Å²) in [5.74, 6) is 0. The van der Waals surface area contributed by atoms with Crippen LogP contribution in [0.1, 0.15) is 16.8 Å². The minimum atomic E-state index is -0.467. The number of ether oxygens (including phenoxy) is 2. The van der Waals surface area contributed by atoms with E-state index in [4.69, 9.17) is 9.47 Å². The molecule has 0 aliphatic rings. The number of hydrogen-bond acceptors (Lipinski definition) is 4. The molecule has 118 valence electrons. The molecule has 0 saturated heterocycles. The van der Waals surface area contributed by atoms with Gasteiger partial charge < -0.3 is 9.47 Å². The van der Waals surface area contributed by atoms with Crippen LogP contribution < -0.4 is 11.2 Å². The molecule has 0 saturated carbocycles. The van der Waals surface area contributed by atoms with Crippen molar-refractivity contribution in [3.8, 4) is 0 Å². The second kappa shape index (κ2) is 7.72. The molecule has 0 spiro atoms. The molecule has 0 fully saturated rings. The summed E-state index contributed by atoms with van der Waals surface area (Å²) < 4.78 is 12.3. The van der Waals surface area contributed by atoms with Crippen LogP contribution in [0.3, 0.4) is 0 Å². The summed E-state index contributed by atoms with van der Waals surface area (Å²) in [6, 6.07) is 9.40. The van der Waals surface area contributed by atoms with Gasteiger partial charge in [-0.3, -0.25) is 14.3 Å². The van der Waals surface area contributed by atoms with Crippen LogP contribution in [-0.4, -0.2) is 22.8 Å². The van der Waals surface area contributed by atoms with Crippen LogP contribution in [0.2, 0.25) is 0 Å². The highest BCUT2D eigenvalue weighted by molar-refractivity contribution is 5.24. The van der Waals surface area contributed by atoms with E-state index in [-0.39, 0.29) is 6.73 Å². The van der Waals surface area contributed by atoms with E-state index >= 15 is 0 Å². The number of hydrogen-bond donors (Lipinski definition) is 1. The Labute approximate surface area is 128 Å². The second-order valence-corrected chi connectivity index (χ2v) is 5.02. The van der Waals surface area contributed by atoms with E-state index in [0.29, 0.717) is 25.5 Å². The second-order valence-electron chi connectivity index (χ2n) is 5.02. The lowest BCUT2D eigenvalue weighted by Gasteiger charge is -2.10. The first-order chi connectivity index (χ1) is 10.6. The lowest BCUT2D eigenvalue weighted by atomic mass is 10.1. The summed E-state index contributed by atoms with van der Waals surface area (Å²) in [7, 11) is 0. The average molecular weight is 304 g/mol. The van der Waals surface area contributed by atoms with Crippen LogP contribution in [0.5, 0.6) is 0 Å². The first kappa shape index (κ1) is 16.2. The fourth-order valence-electron chi connectivity index (χ4n) is 2.03. The molecule has 0 aliphatic carbocycles. The molecular formula is C16H20N2O4. The minimum absolute atomic E-state index is 0.0924. The van der Waals surface area contributed by atoms with Crippen LogP contribution in [0.25, 0.3) is 0 Å². The lowest BCUT2D eigenvalue weighted by molar-refractivity contribution is 0.0113. The van der Waals surface area contributed by atoms with Crippen molar-refractivity contribution in [2.75, 3.05) is 13.2 Å². The molecule has 1 aromatic carbocycles. The summed E-state index contributed by atoms with van der Waals surface area (Å²) in [5, 5.41) is 0. The van der Waals surface area contributed by atoms with Gasteiger partial charge in [0.1, 0.15) is 6.73 Å². The third kappa shape index (κ3) is 4.41. The Morgan fingerprint density at radius 2 is 1.82 bits per heavy atom. The van der Waals surface area contributed by atoms with Crippen molar-refractivity contribution < 1.29 is 9.47 Å². The number of aryl methyl sites for hydroxylation is 2. The number of aromatic amines is 1. The van der Waals surface area contributed by atoms with Gasteiger partial charge in [0.25, 0.3) is 5.56 Å². The van der Waals surface area contributed by atoms with Crippen molar-refractivity contribution in [3.63, 3.8) is 0 Å². The SMILES string of the molecule is Cc1ccccc1COCCOCn1c(C)cc(=O)[nH]c1=O. The van der Waals surface area contributed by atoms with Crippen LogP contribution in [-0.2, 0) is 22.8 Å². The molecule has 0 aliphatic heterocycles. The molecule has 0 radical (unpaired) electrons. The molecule has 0 amide bonds. The third-order valence-corrected chi connectivity index (χ3v) is 3.35. The van der Waals surface area contributed by atoms with E-state index in [9.17, 15) is 9.59 Å². The quantitative estimate of drug-likeness (QED) is 0.784. The van der Waals surface area contributed by atoms with E-state index in [1.54, 1.807) is 6.92 Å². The van der Waals surface area contributed by atoms with Crippen molar-refractivity contribution in [2.45, 2.75) is 27.2 Å². The standard InChI is InChI=1S/C16H20N2O4/c1-12-5-3-4-6-14(12)10-21-7-8-22-11-18-13(2)9-15(19)17-16(18)20/h3-6,9H,7-8,10-11H2,1-2H3,(H,17,19,20). The van der Waals surface area contributed by atoms with Crippen molar-refractivity contribution in [1.82, 2.24) is 9.55 Å². The highest BCUT2D eigenvalue weighted by Crippen LogP contribution is 2.07. The number of H-pyrrole nitrogens is 1. The van der Waals surface area contributed by atoms with Gasteiger partial charge in [0, 0.05) is 11.8 Å². The minimum Gasteiger partial charge on any atom is -0.374 e. The number of nitrogens with one attached hydrogen (secondary N) is 1. The first-order valence-electron chi connectivity index (χ1n) is 7.08. The zero-order valence-corrected chi connectivity index (χ0v) is 12.8. The summed E-state index contributed by atoms with van der Waals surface area (Å²) in [6.45, 7) is 5.17. The predicted molar refractivity (Wildman–Crippen MR) is 82.8 cm³/mol. The van der Waals surface area contributed by atoms with Gasteiger partial charge in [-0.1, -0.05) is 24.3 Å². The van der Waals surface area contributed by atoms with Crippen LogP contribution >= 0.6 is 0 Å². The Balaban J connectivity index is 1.73. The predicted octanol–water partition coefficient (Wildman–Crippen LogP) is 1.34. The largest absolute Gasteiger partial charge is 0.374 e. The summed E-state index contributed by atoms with van der Waals surface area (Å²) in [4.78, 5) is 24.9. The van der Waals surface area contributed by atoms with Crippen molar-refractivity contribution in [1.29, 1.82) is 0 Å². The van der Waals surface area contributed by atoms with Gasteiger partial charge in [-0.2, -0.15) is 0 Å². The summed E-state index contributed by atoms with van der Waals surface area (Å²) >= 11 is 0. The Morgan fingerprint density at radius 3 is 2.55 bits per heavy atom. The van der Waals surface area contributed by atoms with E-state index in [2.05, 4.69) is 4.98 Å². The zero-order chi connectivity index (χ0) is 15.9. The van der Waals surface area contributed by atoms with Crippen LogP contribution in [0.15, 0.2) is 39.9 Å². The van der Waals surface area contributed by atoms with Crippen LogP contribution in [0, 0.1) is 13.8 Å². The van der Waals surface area contributed by atoms with Gasteiger partial charge >= 0.3 is 5.69 Å². The van der Waals surface area contributed by atoms with Gasteiger partial charge in [0.15, 0.2) is 0 Å². The number of aromatic nitrogens is 2.